The van der Waals surface area contributed by atoms with Crippen LogP contribution < -0.4 is 0 Å². The molecule has 19 heavy (non-hydrogen) atoms. The Hall–Kier alpha value is -1.69. The number of nitrogens with one attached hydrogen (secondary N) is 1. The number of H-pyrrole nitrogens is 1. The summed E-state index contributed by atoms with van der Waals surface area (Å²) in [7, 11) is 0. The maximum atomic E-state index is 12.1. The lowest BCUT2D eigenvalue weighted by atomic mass is 10.0. The third-order valence-corrected chi connectivity index (χ3v) is 3.60. The van der Waals surface area contributed by atoms with Crippen LogP contribution in [0.1, 0.15) is 54.7 Å². The van der Waals surface area contributed by atoms with Gasteiger partial charge in [0, 0.05) is 10.8 Å². The largest absolute Gasteiger partial charge is 0.455 e. The number of hydrogen-bond acceptors (Lipinski definition) is 5. The third kappa shape index (κ3) is 3.20. The summed E-state index contributed by atoms with van der Waals surface area (Å²) in [6.07, 6.45) is 0. The Bertz CT molecular complexity index is 555. The van der Waals surface area contributed by atoms with Gasteiger partial charge >= 0.3 is 5.97 Å². The number of esters is 1. The molecular weight excluding hydrogens is 262 g/mol. The van der Waals surface area contributed by atoms with Crippen molar-refractivity contribution in [2.24, 2.45) is 0 Å². The number of thiophene rings is 1. The first-order valence-electron chi connectivity index (χ1n) is 6.06. The van der Waals surface area contributed by atoms with Crippen LogP contribution in [-0.4, -0.2) is 27.0 Å². The highest BCUT2D eigenvalue weighted by molar-refractivity contribution is 7.10. The zero-order chi connectivity index (χ0) is 14.0. The molecule has 1 N–H and O–H groups in total. The molecular formula is C13H17N3O2S. The SMILES string of the molecule is CC(c1cccs1)c1n[nH]nc1C(=O)OC(C)(C)C. The van der Waals surface area contributed by atoms with Gasteiger partial charge in [-0.1, -0.05) is 13.0 Å². The van der Waals surface area contributed by atoms with E-state index in [1.54, 1.807) is 11.3 Å². The minimum Gasteiger partial charge on any atom is -0.455 e. The fraction of sp³-hybridized carbons (Fsp3) is 0.462. The molecule has 0 amide bonds. The van der Waals surface area contributed by atoms with Gasteiger partial charge in [0.2, 0.25) is 0 Å². The van der Waals surface area contributed by atoms with E-state index in [-0.39, 0.29) is 11.6 Å². The van der Waals surface area contributed by atoms with Crippen LogP contribution in [0.15, 0.2) is 17.5 Å². The number of hydrogen-bond donors (Lipinski definition) is 1. The zero-order valence-electron chi connectivity index (χ0n) is 11.4. The second-order valence-corrected chi connectivity index (χ2v) is 6.28. The molecule has 6 heteroatoms. The van der Waals surface area contributed by atoms with Crippen LogP contribution in [0.3, 0.4) is 0 Å². The van der Waals surface area contributed by atoms with Crippen LogP contribution in [0.5, 0.6) is 0 Å². The lowest BCUT2D eigenvalue weighted by Gasteiger charge is -2.19. The van der Waals surface area contributed by atoms with Gasteiger partial charge in [0.25, 0.3) is 0 Å². The van der Waals surface area contributed by atoms with Crippen LogP contribution in [0, 0.1) is 0 Å². The predicted octanol–water partition coefficient (Wildman–Crippen LogP) is 2.97. The zero-order valence-corrected chi connectivity index (χ0v) is 12.2. The van der Waals surface area contributed by atoms with Crippen LogP contribution in [0.2, 0.25) is 0 Å². The van der Waals surface area contributed by atoms with E-state index in [0.717, 1.165) is 4.88 Å². The van der Waals surface area contributed by atoms with E-state index in [9.17, 15) is 4.79 Å². The van der Waals surface area contributed by atoms with Crippen molar-refractivity contribution in [2.45, 2.75) is 39.2 Å². The molecule has 0 aliphatic heterocycles. The normalized spacial score (nSPS) is 13.3. The molecule has 2 aromatic heterocycles. The van der Waals surface area contributed by atoms with Crippen molar-refractivity contribution in [2.75, 3.05) is 0 Å². The molecule has 0 bridgehead atoms. The number of carbonyl (C=O) groups is 1. The van der Waals surface area contributed by atoms with Gasteiger partial charge in [-0.05, 0) is 32.2 Å². The second kappa shape index (κ2) is 5.13. The van der Waals surface area contributed by atoms with Gasteiger partial charge in [0.1, 0.15) is 11.3 Å². The summed E-state index contributed by atoms with van der Waals surface area (Å²) >= 11 is 1.63. The van der Waals surface area contributed by atoms with E-state index >= 15 is 0 Å². The molecule has 2 heterocycles. The molecule has 0 radical (unpaired) electrons. The van der Waals surface area contributed by atoms with E-state index in [1.165, 1.54) is 0 Å². The van der Waals surface area contributed by atoms with E-state index in [1.807, 2.05) is 45.2 Å². The van der Waals surface area contributed by atoms with Crippen molar-refractivity contribution in [3.8, 4) is 0 Å². The standard InChI is InChI=1S/C13H17N3O2S/c1-8(9-6-5-7-19-9)10-11(15-16-14-10)12(17)18-13(2,3)4/h5-8H,1-4H3,(H,14,15,16). The number of aromatic nitrogens is 3. The summed E-state index contributed by atoms with van der Waals surface area (Å²) in [5.74, 6) is -0.430. The van der Waals surface area contributed by atoms with E-state index < -0.39 is 11.6 Å². The van der Waals surface area contributed by atoms with Crippen molar-refractivity contribution >= 4 is 17.3 Å². The Kier molecular flexibility index (Phi) is 3.71. The van der Waals surface area contributed by atoms with Gasteiger partial charge < -0.3 is 4.74 Å². The van der Waals surface area contributed by atoms with Gasteiger partial charge in [0.05, 0.1) is 0 Å². The highest BCUT2D eigenvalue weighted by Crippen LogP contribution is 2.28. The smallest absolute Gasteiger partial charge is 0.361 e. The molecule has 102 valence electrons. The number of ether oxygens (including phenoxy) is 1. The third-order valence-electron chi connectivity index (χ3n) is 2.55. The Morgan fingerprint density at radius 2 is 2.16 bits per heavy atom. The monoisotopic (exact) mass is 279 g/mol. The van der Waals surface area contributed by atoms with Crippen LogP contribution >= 0.6 is 11.3 Å². The Morgan fingerprint density at radius 3 is 2.74 bits per heavy atom. The van der Waals surface area contributed by atoms with E-state index in [0.29, 0.717) is 5.69 Å². The molecule has 5 nitrogen and oxygen atoms in total. The Labute approximate surface area is 116 Å². The van der Waals surface area contributed by atoms with Crippen molar-refractivity contribution in [3.63, 3.8) is 0 Å². The molecule has 2 rings (SSSR count). The minimum absolute atomic E-state index is 0.0151. The lowest BCUT2D eigenvalue weighted by Crippen LogP contribution is -2.25. The lowest BCUT2D eigenvalue weighted by molar-refractivity contribution is 0.00613. The Morgan fingerprint density at radius 1 is 1.42 bits per heavy atom. The molecule has 1 unspecified atom stereocenters. The fourth-order valence-corrected chi connectivity index (χ4v) is 2.48. The van der Waals surface area contributed by atoms with Crippen molar-refractivity contribution in [1.29, 1.82) is 0 Å². The Balaban J connectivity index is 2.25. The topological polar surface area (TPSA) is 67.9 Å². The van der Waals surface area contributed by atoms with Crippen molar-refractivity contribution in [3.05, 3.63) is 33.8 Å². The summed E-state index contributed by atoms with van der Waals surface area (Å²) in [5.41, 5.74) is 0.340. The summed E-state index contributed by atoms with van der Waals surface area (Å²) in [6, 6.07) is 3.99. The summed E-state index contributed by atoms with van der Waals surface area (Å²) in [6.45, 7) is 7.48. The van der Waals surface area contributed by atoms with E-state index in [2.05, 4.69) is 15.4 Å². The van der Waals surface area contributed by atoms with Crippen LogP contribution in [0.4, 0.5) is 0 Å². The summed E-state index contributed by atoms with van der Waals surface area (Å²) < 4.78 is 5.33. The first kappa shape index (κ1) is 13.7. The van der Waals surface area contributed by atoms with Crippen molar-refractivity contribution in [1.82, 2.24) is 15.4 Å². The van der Waals surface area contributed by atoms with Gasteiger partial charge in [0.15, 0.2) is 5.69 Å². The van der Waals surface area contributed by atoms with Gasteiger partial charge in [-0.25, -0.2) is 4.79 Å². The maximum absolute atomic E-state index is 12.1. The highest BCUT2D eigenvalue weighted by atomic mass is 32.1. The van der Waals surface area contributed by atoms with E-state index in [4.69, 9.17) is 4.74 Å². The number of carbonyl (C=O) groups excluding carboxylic acids is 1. The molecule has 0 aliphatic carbocycles. The van der Waals surface area contributed by atoms with Crippen LogP contribution in [0.25, 0.3) is 0 Å². The predicted molar refractivity (Wildman–Crippen MR) is 73.4 cm³/mol. The van der Waals surface area contributed by atoms with Gasteiger partial charge in [-0.2, -0.15) is 10.3 Å². The average Bonchev–Trinajstić information content (AvgIpc) is 2.97. The minimum atomic E-state index is -0.542. The summed E-state index contributed by atoms with van der Waals surface area (Å²) in [5, 5.41) is 12.5. The maximum Gasteiger partial charge on any atom is 0.361 e. The number of aromatic amines is 1. The molecule has 0 saturated carbocycles. The summed E-state index contributed by atoms with van der Waals surface area (Å²) in [4.78, 5) is 13.2. The number of nitrogens with zero attached hydrogens (tertiary/aromatic N) is 2. The highest BCUT2D eigenvalue weighted by Gasteiger charge is 2.27. The van der Waals surface area contributed by atoms with Gasteiger partial charge in [-0.15, -0.1) is 16.4 Å². The van der Waals surface area contributed by atoms with Gasteiger partial charge in [-0.3, -0.25) is 0 Å². The second-order valence-electron chi connectivity index (χ2n) is 5.30. The first-order valence-corrected chi connectivity index (χ1v) is 6.94. The number of rotatable bonds is 3. The average molecular weight is 279 g/mol. The fourth-order valence-electron chi connectivity index (χ4n) is 1.69. The molecule has 0 aromatic carbocycles. The molecule has 0 spiro atoms. The van der Waals surface area contributed by atoms with Crippen LogP contribution in [-0.2, 0) is 4.74 Å². The molecule has 0 saturated heterocycles. The van der Waals surface area contributed by atoms with Crippen molar-refractivity contribution < 1.29 is 9.53 Å². The molecule has 2 aromatic rings. The molecule has 0 fully saturated rings. The molecule has 1 atom stereocenters. The molecule has 0 aliphatic rings. The first-order chi connectivity index (χ1) is 8.88. The quantitative estimate of drug-likeness (QED) is 0.877.